The fraction of sp³-hybridized carbons (Fsp3) is 0.647. The summed E-state index contributed by atoms with van der Waals surface area (Å²) in [6.07, 6.45) is 1.16. The van der Waals surface area contributed by atoms with Gasteiger partial charge in [0, 0.05) is 26.2 Å². The number of hydrogen-bond acceptors (Lipinski definition) is 4. The molecule has 0 unspecified atom stereocenters. The van der Waals surface area contributed by atoms with Gasteiger partial charge in [-0.2, -0.15) is 0 Å². The van der Waals surface area contributed by atoms with Crippen LogP contribution < -0.4 is 10.1 Å². The minimum Gasteiger partial charge on any atom is -0.492 e. The molecule has 0 spiro atoms. The smallest absolute Gasteiger partial charge is 0.119 e. The molecule has 0 saturated heterocycles. The van der Waals surface area contributed by atoms with Crippen LogP contribution in [-0.4, -0.2) is 51.4 Å². The lowest BCUT2D eigenvalue weighted by Crippen LogP contribution is -2.27. The largest absolute Gasteiger partial charge is 0.492 e. The molecule has 0 aliphatic carbocycles. The van der Waals surface area contributed by atoms with Gasteiger partial charge in [0.2, 0.25) is 0 Å². The topological polar surface area (TPSA) is 33.7 Å². The molecule has 0 aliphatic rings. The van der Waals surface area contributed by atoms with Crippen molar-refractivity contribution in [1.29, 1.82) is 0 Å². The average molecular weight is 294 g/mol. The SMILES string of the molecule is CCCNCc1cccc(OCCN(C)CCOCC)c1. The highest BCUT2D eigenvalue weighted by Crippen LogP contribution is 2.13. The summed E-state index contributed by atoms with van der Waals surface area (Å²) in [5, 5.41) is 3.40. The number of nitrogens with one attached hydrogen (secondary N) is 1. The van der Waals surface area contributed by atoms with E-state index >= 15 is 0 Å². The molecular formula is C17H30N2O2. The molecule has 0 amide bonds. The molecule has 120 valence electrons. The second-order valence-electron chi connectivity index (χ2n) is 5.17. The fourth-order valence-corrected chi connectivity index (χ4v) is 1.95. The maximum Gasteiger partial charge on any atom is 0.119 e. The van der Waals surface area contributed by atoms with Crippen molar-refractivity contribution in [3.63, 3.8) is 0 Å². The number of ether oxygens (including phenoxy) is 2. The van der Waals surface area contributed by atoms with Gasteiger partial charge in [-0.3, -0.25) is 0 Å². The van der Waals surface area contributed by atoms with Crippen molar-refractivity contribution in [2.75, 3.05) is 46.5 Å². The zero-order valence-electron chi connectivity index (χ0n) is 13.7. The standard InChI is InChI=1S/C17H30N2O2/c1-4-9-18-15-16-7-6-8-17(14-16)21-13-11-19(3)10-12-20-5-2/h6-8,14,18H,4-5,9-13,15H2,1-3H3. The van der Waals surface area contributed by atoms with Crippen molar-refractivity contribution in [1.82, 2.24) is 10.2 Å². The van der Waals surface area contributed by atoms with Gasteiger partial charge in [-0.25, -0.2) is 0 Å². The summed E-state index contributed by atoms with van der Waals surface area (Å²) >= 11 is 0. The molecule has 4 nitrogen and oxygen atoms in total. The molecule has 0 bridgehead atoms. The lowest BCUT2D eigenvalue weighted by atomic mass is 10.2. The van der Waals surface area contributed by atoms with Crippen LogP contribution in [0.4, 0.5) is 0 Å². The van der Waals surface area contributed by atoms with Gasteiger partial charge in [-0.05, 0) is 44.6 Å². The average Bonchev–Trinajstić information content (AvgIpc) is 2.48. The minimum atomic E-state index is 0.703. The first kappa shape index (κ1) is 18.0. The summed E-state index contributed by atoms with van der Waals surface area (Å²) in [7, 11) is 2.09. The van der Waals surface area contributed by atoms with Crippen molar-refractivity contribution in [3.05, 3.63) is 29.8 Å². The number of rotatable bonds is 12. The van der Waals surface area contributed by atoms with Crippen molar-refractivity contribution in [3.8, 4) is 5.75 Å². The van der Waals surface area contributed by atoms with Crippen molar-refractivity contribution in [2.24, 2.45) is 0 Å². The molecular weight excluding hydrogens is 264 g/mol. The summed E-state index contributed by atoms with van der Waals surface area (Å²) in [5.41, 5.74) is 1.27. The quantitative estimate of drug-likeness (QED) is 0.601. The first-order chi connectivity index (χ1) is 10.3. The van der Waals surface area contributed by atoms with E-state index in [1.54, 1.807) is 0 Å². The van der Waals surface area contributed by atoms with Crippen LogP contribution in [0.1, 0.15) is 25.8 Å². The predicted octanol–water partition coefficient (Wildman–Crippen LogP) is 2.53. The van der Waals surface area contributed by atoms with E-state index in [4.69, 9.17) is 9.47 Å². The number of nitrogens with zero attached hydrogens (tertiary/aromatic N) is 1. The van der Waals surface area contributed by atoms with E-state index in [1.165, 1.54) is 5.56 Å². The van der Waals surface area contributed by atoms with Gasteiger partial charge >= 0.3 is 0 Å². The van der Waals surface area contributed by atoms with Crippen LogP contribution in [-0.2, 0) is 11.3 Å². The molecule has 21 heavy (non-hydrogen) atoms. The molecule has 4 heteroatoms. The van der Waals surface area contributed by atoms with E-state index in [9.17, 15) is 0 Å². The highest BCUT2D eigenvalue weighted by Gasteiger charge is 2.00. The van der Waals surface area contributed by atoms with E-state index in [1.807, 2.05) is 13.0 Å². The van der Waals surface area contributed by atoms with E-state index < -0.39 is 0 Å². The maximum atomic E-state index is 5.82. The Labute approximate surface area is 129 Å². The Morgan fingerprint density at radius 3 is 2.71 bits per heavy atom. The molecule has 1 rings (SSSR count). The molecule has 0 atom stereocenters. The summed E-state index contributed by atoms with van der Waals surface area (Å²) in [4.78, 5) is 2.22. The summed E-state index contributed by atoms with van der Waals surface area (Å²) in [5.74, 6) is 0.948. The first-order valence-corrected chi connectivity index (χ1v) is 7.95. The highest BCUT2D eigenvalue weighted by molar-refractivity contribution is 5.28. The van der Waals surface area contributed by atoms with Gasteiger partial charge in [0.15, 0.2) is 0 Å². The summed E-state index contributed by atoms with van der Waals surface area (Å²) < 4.78 is 11.2. The summed E-state index contributed by atoms with van der Waals surface area (Å²) in [6.45, 7) is 10.3. The number of hydrogen-bond donors (Lipinski definition) is 1. The van der Waals surface area contributed by atoms with Crippen LogP contribution in [0, 0.1) is 0 Å². The Kier molecular flexibility index (Phi) is 9.87. The molecule has 0 fully saturated rings. The zero-order chi connectivity index (χ0) is 15.3. The number of likely N-dealkylation sites (N-methyl/N-ethyl adjacent to an activating group) is 1. The van der Waals surface area contributed by atoms with Crippen LogP contribution in [0.5, 0.6) is 5.75 Å². The van der Waals surface area contributed by atoms with Crippen LogP contribution in [0.2, 0.25) is 0 Å². The predicted molar refractivity (Wildman–Crippen MR) is 87.9 cm³/mol. The third-order valence-corrected chi connectivity index (χ3v) is 3.22. The second kappa shape index (κ2) is 11.5. The third kappa shape index (κ3) is 8.71. The lowest BCUT2D eigenvalue weighted by Gasteiger charge is -2.17. The van der Waals surface area contributed by atoms with Crippen LogP contribution in [0.15, 0.2) is 24.3 Å². The zero-order valence-corrected chi connectivity index (χ0v) is 13.7. The minimum absolute atomic E-state index is 0.703. The molecule has 0 aromatic heterocycles. The Bertz CT molecular complexity index is 372. The second-order valence-corrected chi connectivity index (χ2v) is 5.17. The van der Waals surface area contributed by atoms with E-state index in [2.05, 4.69) is 42.4 Å². The Morgan fingerprint density at radius 1 is 1.14 bits per heavy atom. The van der Waals surface area contributed by atoms with E-state index in [0.717, 1.165) is 51.6 Å². The van der Waals surface area contributed by atoms with Gasteiger partial charge in [-0.1, -0.05) is 19.1 Å². The molecule has 0 saturated carbocycles. The van der Waals surface area contributed by atoms with Gasteiger partial charge in [0.05, 0.1) is 6.61 Å². The fourth-order valence-electron chi connectivity index (χ4n) is 1.95. The van der Waals surface area contributed by atoms with Crippen LogP contribution >= 0.6 is 0 Å². The van der Waals surface area contributed by atoms with Crippen molar-refractivity contribution in [2.45, 2.75) is 26.8 Å². The molecule has 1 N–H and O–H groups in total. The van der Waals surface area contributed by atoms with Gasteiger partial charge in [0.25, 0.3) is 0 Å². The van der Waals surface area contributed by atoms with Crippen molar-refractivity contribution >= 4 is 0 Å². The monoisotopic (exact) mass is 294 g/mol. The molecule has 0 aliphatic heterocycles. The van der Waals surface area contributed by atoms with Crippen molar-refractivity contribution < 1.29 is 9.47 Å². The van der Waals surface area contributed by atoms with Crippen LogP contribution in [0.3, 0.4) is 0 Å². The maximum absolute atomic E-state index is 5.82. The molecule has 1 aromatic rings. The molecule has 1 aromatic carbocycles. The first-order valence-electron chi connectivity index (χ1n) is 7.95. The Hall–Kier alpha value is -1.10. The molecule has 0 heterocycles. The normalized spacial score (nSPS) is 11.0. The van der Waals surface area contributed by atoms with E-state index in [0.29, 0.717) is 6.61 Å². The Morgan fingerprint density at radius 2 is 1.95 bits per heavy atom. The van der Waals surface area contributed by atoms with Gasteiger partial charge < -0.3 is 19.7 Å². The Balaban J connectivity index is 2.23. The van der Waals surface area contributed by atoms with Gasteiger partial charge in [0.1, 0.15) is 12.4 Å². The molecule has 0 radical (unpaired) electrons. The van der Waals surface area contributed by atoms with Gasteiger partial charge in [-0.15, -0.1) is 0 Å². The van der Waals surface area contributed by atoms with Crippen LogP contribution in [0.25, 0.3) is 0 Å². The summed E-state index contributed by atoms with van der Waals surface area (Å²) in [6, 6.07) is 8.31. The van der Waals surface area contributed by atoms with E-state index in [-0.39, 0.29) is 0 Å². The number of benzene rings is 1. The highest BCUT2D eigenvalue weighted by atomic mass is 16.5. The third-order valence-electron chi connectivity index (χ3n) is 3.22. The lowest BCUT2D eigenvalue weighted by molar-refractivity contribution is 0.116.